The maximum Gasteiger partial charge on any atom is 0.268 e. The second-order valence-electron chi connectivity index (χ2n) is 5.68. The van der Waals surface area contributed by atoms with Crippen molar-refractivity contribution in [2.75, 3.05) is 5.88 Å². The van der Waals surface area contributed by atoms with Crippen molar-refractivity contribution < 1.29 is 17.6 Å². The normalized spacial score (nSPS) is 11.8. The summed E-state index contributed by atoms with van der Waals surface area (Å²) >= 11 is 5.62. The van der Waals surface area contributed by atoms with Gasteiger partial charge in [-0.15, -0.1) is 11.6 Å². The van der Waals surface area contributed by atoms with Gasteiger partial charge in [0.1, 0.15) is 5.82 Å². The van der Waals surface area contributed by atoms with Crippen LogP contribution in [0, 0.1) is 12.7 Å². The average Bonchev–Trinajstić information content (AvgIpc) is 2.95. The lowest BCUT2D eigenvalue weighted by Gasteiger charge is -2.07. The van der Waals surface area contributed by atoms with Gasteiger partial charge in [0, 0.05) is 29.4 Å². The Morgan fingerprint density at radius 3 is 2.48 bits per heavy atom. The monoisotopic (exact) mass is 379 g/mol. The zero-order chi connectivity index (χ0) is 18.2. The molecule has 0 N–H and O–H groups in total. The van der Waals surface area contributed by atoms with Crippen LogP contribution in [-0.4, -0.2) is 24.1 Å². The number of fused-ring (bicyclic) bond motifs is 1. The van der Waals surface area contributed by atoms with Crippen LogP contribution in [0.2, 0.25) is 0 Å². The molecule has 0 aliphatic carbocycles. The lowest BCUT2D eigenvalue weighted by atomic mass is 10.1. The van der Waals surface area contributed by atoms with Crippen LogP contribution in [-0.2, 0) is 10.0 Å². The van der Waals surface area contributed by atoms with Crippen molar-refractivity contribution in [2.24, 2.45) is 0 Å². The summed E-state index contributed by atoms with van der Waals surface area (Å²) in [5.74, 6) is -0.771. The molecule has 0 unspecified atom stereocenters. The van der Waals surface area contributed by atoms with E-state index in [4.69, 9.17) is 11.6 Å². The highest BCUT2D eigenvalue weighted by Crippen LogP contribution is 2.28. The van der Waals surface area contributed by atoms with Crippen LogP contribution >= 0.6 is 11.6 Å². The van der Waals surface area contributed by atoms with Crippen LogP contribution in [0.4, 0.5) is 4.39 Å². The molecule has 0 aliphatic rings. The Balaban J connectivity index is 2.26. The van der Waals surface area contributed by atoms with E-state index in [1.807, 2.05) is 6.92 Å². The number of aromatic nitrogens is 1. The smallest absolute Gasteiger partial charge is 0.268 e. The quantitative estimate of drug-likeness (QED) is 0.494. The Morgan fingerprint density at radius 2 is 1.84 bits per heavy atom. The SMILES string of the molecule is Cc1ccc(S(=O)(=O)n2cc(C(=O)CCCl)c3cc(F)ccc32)cc1. The van der Waals surface area contributed by atoms with Gasteiger partial charge < -0.3 is 0 Å². The van der Waals surface area contributed by atoms with Crippen LogP contribution < -0.4 is 0 Å². The molecular formula is C18H15ClFNO3S. The lowest BCUT2D eigenvalue weighted by molar-refractivity contribution is 0.0991. The molecule has 3 aromatic rings. The van der Waals surface area contributed by atoms with Gasteiger partial charge in [-0.05, 0) is 37.3 Å². The van der Waals surface area contributed by atoms with Crippen LogP contribution in [0.3, 0.4) is 0 Å². The summed E-state index contributed by atoms with van der Waals surface area (Å²) in [5, 5.41) is 0.255. The van der Waals surface area contributed by atoms with E-state index >= 15 is 0 Å². The third kappa shape index (κ3) is 3.19. The van der Waals surface area contributed by atoms with E-state index in [0.29, 0.717) is 0 Å². The fourth-order valence-corrected chi connectivity index (χ4v) is 4.18. The second-order valence-corrected chi connectivity index (χ2v) is 7.87. The number of carbonyl (C=O) groups is 1. The molecule has 2 aromatic carbocycles. The number of rotatable bonds is 5. The van der Waals surface area contributed by atoms with Crippen molar-refractivity contribution in [1.29, 1.82) is 0 Å². The van der Waals surface area contributed by atoms with Gasteiger partial charge in [0.05, 0.1) is 10.4 Å². The van der Waals surface area contributed by atoms with Crippen LogP contribution in [0.1, 0.15) is 22.3 Å². The summed E-state index contributed by atoms with van der Waals surface area (Å²) in [6.07, 6.45) is 1.29. The summed E-state index contributed by atoms with van der Waals surface area (Å²) in [5.41, 5.74) is 1.32. The fraction of sp³-hybridized carbons (Fsp3) is 0.167. The van der Waals surface area contributed by atoms with E-state index in [-0.39, 0.29) is 39.4 Å². The van der Waals surface area contributed by atoms with Crippen molar-refractivity contribution in [3.8, 4) is 0 Å². The molecule has 0 fully saturated rings. The van der Waals surface area contributed by atoms with Crippen LogP contribution in [0.15, 0.2) is 53.6 Å². The molecule has 4 nitrogen and oxygen atoms in total. The maximum absolute atomic E-state index is 13.6. The minimum atomic E-state index is -3.91. The van der Waals surface area contributed by atoms with Gasteiger partial charge in [-0.3, -0.25) is 4.79 Å². The van der Waals surface area contributed by atoms with E-state index < -0.39 is 15.8 Å². The molecule has 130 valence electrons. The number of aryl methyl sites for hydroxylation is 1. The summed E-state index contributed by atoms with van der Waals surface area (Å²) in [6, 6.07) is 10.1. The van der Waals surface area contributed by atoms with E-state index in [0.717, 1.165) is 15.6 Å². The summed E-state index contributed by atoms with van der Waals surface area (Å²) in [6.45, 7) is 1.85. The average molecular weight is 380 g/mol. The predicted molar refractivity (Wildman–Crippen MR) is 95.3 cm³/mol. The number of halogens is 2. The van der Waals surface area contributed by atoms with Gasteiger partial charge in [0.2, 0.25) is 0 Å². The maximum atomic E-state index is 13.6. The first-order valence-corrected chi connectivity index (χ1v) is 9.54. The third-order valence-corrected chi connectivity index (χ3v) is 5.81. The summed E-state index contributed by atoms with van der Waals surface area (Å²) < 4.78 is 40.6. The van der Waals surface area contributed by atoms with Crippen molar-refractivity contribution in [1.82, 2.24) is 3.97 Å². The number of alkyl halides is 1. The molecule has 25 heavy (non-hydrogen) atoms. The number of hydrogen-bond acceptors (Lipinski definition) is 3. The molecule has 1 heterocycles. The predicted octanol–water partition coefficient (Wildman–Crippen LogP) is 4.14. The lowest BCUT2D eigenvalue weighted by Crippen LogP contribution is -2.12. The van der Waals surface area contributed by atoms with Crippen molar-refractivity contribution >= 4 is 38.3 Å². The largest absolute Gasteiger partial charge is 0.294 e. The molecule has 0 bridgehead atoms. The van der Waals surface area contributed by atoms with E-state index in [1.165, 1.54) is 30.5 Å². The molecule has 0 amide bonds. The Morgan fingerprint density at radius 1 is 1.16 bits per heavy atom. The highest BCUT2D eigenvalue weighted by atomic mass is 35.5. The third-order valence-electron chi connectivity index (χ3n) is 3.93. The Bertz CT molecular complexity index is 1060. The summed E-state index contributed by atoms with van der Waals surface area (Å²) in [4.78, 5) is 12.4. The first-order valence-electron chi connectivity index (χ1n) is 7.56. The number of Topliss-reactive ketones (excluding diaryl/α,β-unsaturated/α-hetero) is 1. The molecule has 0 aliphatic heterocycles. The first-order chi connectivity index (χ1) is 11.8. The first kappa shape index (κ1) is 17.6. The Labute approximate surface area is 149 Å². The van der Waals surface area contributed by atoms with Crippen molar-refractivity contribution in [3.63, 3.8) is 0 Å². The van der Waals surface area contributed by atoms with E-state index in [1.54, 1.807) is 12.1 Å². The molecule has 3 rings (SSSR count). The van der Waals surface area contributed by atoms with Crippen LogP contribution in [0.5, 0.6) is 0 Å². The van der Waals surface area contributed by atoms with Gasteiger partial charge in [0.25, 0.3) is 10.0 Å². The van der Waals surface area contributed by atoms with Crippen LogP contribution in [0.25, 0.3) is 10.9 Å². The van der Waals surface area contributed by atoms with Gasteiger partial charge in [-0.1, -0.05) is 17.7 Å². The highest BCUT2D eigenvalue weighted by molar-refractivity contribution is 7.90. The molecule has 0 atom stereocenters. The zero-order valence-corrected chi connectivity index (χ0v) is 14.9. The Kier molecular flexibility index (Phi) is 4.67. The number of benzene rings is 2. The zero-order valence-electron chi connectivity index (χ0n) is 13.4. The molecule has 0 spiro atoms. The standard InChI is InChI=1S/C18H15ClFNO3S/c1-12-2-5-14(6-3-12)25(23,24)21-11-16(18(22)8-9-19)15-10-13(20)4-7-17(15)21/h2-7,10-11H,8-9H2,1H3. The molecule has 7 heteroatoms. The minimum absolute atomic E-state index is 0.0434. The number of ketones is 1. The van der Waals surface area contributed by atoms with Gasteiger partial charge >= 0.3 is 0 Å². The van der Waals surface area contributed by atoms with Gasteiger partial charge in [-0.2, -0.15) is 0 Å². The molecule has 0 saturated heterocycles. The summed E-state index contributed by atoms with van der Waals surface area (Å²) in [7, 11) is -3.91. The fourth-order valence-electron chi connectivity index (χ4n) is 2.64. The number of carbonyl (C=O) groups excluding carboxylic acids is 1. The molecule has 0 saturated carbocycles. The Hall–Kier alpha value is -2.18. The van der Waals surface area contributed by atoms with E-state index in [9.17, 15) is 17.6 Å². The topological polar surface area (TPSA) is 56.1 Å². The number of nitrogens with zero attached hydrogens (tertiary/aromatic N) is 1. The molecule has 0 radical (unpaired) electrons. The second kappa shape index (κ2) is 6.61. The van der Waals surface area contributed by atoms with Crippen molar-refractivity contribution in [2.45, 2.75) is 18.2 Å². The number of hydrogen-bond donors (Lipinski definition) is 0. The van der Waals surface area contributed by atoms with E-state index in [2.05, 4.69) is 0 Å². The molecule has 1 aromatic heterocycles. The van der Waals surface area contributed by atoms with Gasteiger partial charge in [-0.25, -0.2) is 16.8 Å². The van der Waals surface area contributed by atoms with Gasteiger partial charge in [0.15, 0.2) is 5.78 Å². The molecular weight excluding hydrogens is 365 g/mol. The van der Waals surface area contributed by atoms with Crippen molar-refractivity contribution in [3.05, 3.63) is 65.6 Å². The minimum Gasteiger partial charge on any atom is -0.294 e. The highest BCUT2D eigenvalue weighted by Gasteiger charge is 2.23.